The van der Waals surface area contributed by atoms with E-state index in [-0.39, 0.29) is 17.8 Å². The van der Waals surface area contributed by atoms with Crippen LogP contribution < -0.4 is 0 Å². The molecule has 3 rings (SSSR count). The Balaban J connectivity index is 1.72. The molecule has 2 aromatic rings. The number of rotatable bonds is 7. The summed E-state index contributed by atoms with van der Waals surface area (Å²) in [6.45, 7) is 9.44. The van der Waals surface area contributed by atoms with Crippen LogP contribution in [0.3, 0.4) is 0 Å². The first-order chi connectivity index (χ1) is 13.8. The summed E-state index contributed by atoms with van der Waals surface area (Å²) in [7, 11) is 1.90. The van der Waals surface area contributed by atoms with Gasteiger partial charge < -0.3 is 9.64 Å². The summed E-state index contributed by atoms with van der Waals surface area (Å²) in [5.74, 6) is 0.240. The van der Waals surface area contributed by atoms with Crippen LogP contribution in [0.1, 0.15) is 30.7 Å². The van der Waals surface area contributed by atoms with Gasteiger partial charge >= 0.3 is 0 Å². The highest BCUT2D eigenvalue weighted by Gasteiger charge is 2.29. The van der Waals surface area contributed by atoms with E-state index in [0.717, 1.165) is 16.8 Å². The number of ether oxygens (including phenoxy) is 1. The molecule has 2 heterocycles. The maximum Gasteiger partial charge on any atom is 0.236 e. The highest BCUT2D eigenvalue weighted by atomic mass is 19.1. The van der Waals surface area contributed by atoms with Crippen LogP contribution in [0.5, 0.6) is 0 Å². The fourth-order valence-electron chi connectivity index (χ4n) is 3.78. The molecule has 1 aliphatic heterocycles. The minimum Gasteiger partial charge on any atom is -0.370 e. The monoisotopic (exact) mass is 402 g/mol. The van der Waals surface area contributed by atoms with E-state index in [1.54, 1.807) is 10.7 Å². The lowest BCUT2D eigenvalue weighted by Gasteiger charge is -2.26. The maximum absolute atomic E-state index is 13.5. The van der Waals surface area contributed by atoms with Gasteiger partial charge in [0.05, 0.1) is 24.9 Å². The van der Waals surface area contributed by atoms with Crippen molar-refractivity contribution >= 4 is 5.91 Å². The first-order valence-corrected chi connectivity index (χ1v) is 10.2. The van der Waals surface area contributed by atoms with Crippen LogP contribution in [-0.4, -0.2) is 57.8 Å². The van der Waals surface area contributed by atoms with Crippen LogP contribution in [0, 0.1) is 18.7 Å². The number of benzene rings is 1. The van der Waals surface area contributed by atoms with Gasteiger partial charge in [0.15, 0.2) is 0 Å². The van der Waals surface area contributed by atoms with E-state index in [9.17, 15) is 9.18 Å². The van der Waals surface area contributed by atoms with Crippen molar-refractivity contribution in [3.8, 4) is 0 Å². The van der Waals surface area contributed by atoms with Gasteiger partial charge in [0, 0.05) is 45.0 Å². The molecule has 1 aliphatic rings. The number of aromatic nitrogens is 2. The lowest BCUT2D eigenvalue weighted by atomic mass is 10.2. The van der Waals surface area contributed by atoms with E-state index in [2.05, 4.69) is 23.8 Å². The summed E-state index contributed by atoms with van der Waals surface area (Å²) in [4.78, 5) is 16.9. The topological polar surface area (TPSA) is 50.6 Å². The van der Waals surface area contributed by atoms with Crippen LogP contribution in [-0.2, 0) is 29.7 Å². The molecule has 1 fully saturated rings. The summed E-state index contributed by atoms with van der Waals surface area (Å²) in [5.41, 5.74) is 2.88. The van der Waals surface area contributed by atoms with E-state index in [1.165, 1.54) is 12.1 Å². The zero-order chi connectivity index (χ0) is 21.0. The molecule has 29 heavy (non-hydrogen) atoms. The van der Waals surface area contributed by atoms with Gasteiger partial charge in [-0.2, -0.15) is 5.10 Å². The van der Waals surface area contributed by atoms with E-state index < -0.39 is 0 Å². The molecule has 0 saturated carbocycles. The average Bonchev–Trinajstić information content (AvgIpc) is 2.87. The second kappa shape index (κ2) is 9.50. The molecule has 0 N–H and O–H groups in total. The smallest absolute Gasteiger partial charge is 0.236 e. The number of carbonyl (C=O) groups is 1. The standard InChI is InChI=1S/C22H31FN4O2/c1-16(2)9-27-13-21(29-15-18-6-5-7-20(23)8-18)12-26(14-22(27)28)11-19-10-25(4)24-17(19)3/h5-8,10,16,21H,9,11-15H2,1-4H3. The molecule has 0 radical (unpaired) electrons. The Morgan fingerprint density at radius 2 is 2.10 bits per heavy atom. The normalized spacial score (nSPS) is 18.5. The van der Waals surface area contributed by atoms with Gasteiger partial charge in [0.1, 0.15) is 5.82 Å². The summed E-state index contributed by atoms with van der Waals surface area (Å²) in [6, 6.07) is 6.46. The van der Waals surface area contributed by atoms with Crippen LogP contribution in [0.2, 0.25) is 0 Å². The lowest BCUT2D eigenvalue weighted by molar-refractivity contribution is -0.132. The van der Waals surface area contributed by atoms with Gasteiger partial charge in [-0.3, -0.25) is 14.4 Å². The number of carbonyl (C=O) groups excluding carboxylic acids is 1. The predicted octanol–water partition coefficient (Wildman–Crippen LogP) is 2.75. The van der Waals surface area contributed by atoms with Gasteiger partial charge in [-0.1, -0.05) is 26.0 Å². The Hall–Kier alpha value is -2.25. The molecule has 1 aromatic carbocycles. The van der Waals surface area contributed by atoms with Crippen molar-refractivity contribution in [1.29, 1.82) is 0 Å². The number of halogens is 1. The van der Waals surface area contributed by atoms with Crippen LogP contribution >= 0.6 is 0 Å². The third kappa shape index (κ3) is 6.11. The zero-order valence-electron chi connectivity index (χ0n) is 17.8. The summed E-state index contributed by atoms with van der Waals surface area (Å²) in [6.07, 6.45) is 1.86. The van der Waals surface area contributed by atoms with Gasteiger partial charge in [-0.25, -0.2) is 4.39 Å². The fraction of sp³-hybridized carbons (Fsp3) is 0.545. The van der Waals surface area contributed by atoms with E-state index in [1.807, 2.05) is 31.1 Å². The number of amides is 1. The van der Waals surface area contributed by atoms with Crippen molar-refractivity contribution in [1.82, 2.24) is 19.6 Å². The fourth-order valence-corrected chi connectivity index (χ4v) is 3.78. The third-order valence-corrected chi connectivity index (χ3v) is 5.07. The Morgan fingerprint density at radius 1 is 1.31 bits per heavy atom. The Morgan fingerprint density at radius 3 is 2.76 bits per heavy atom. The molecule has 0 aliphatic carbocycles. The average molecular weight is 403 g/mol. The number of nitrogens with zero attached hydrogens (tertiary/aromatic N) is 4. The van der Waals surface area contributed by atoms with Gasteiger partial charge in [0.2, 0.25) is 5.91 Å². The number of hydrogen-bond donors (Lipinski definition) is 0. The zero-order valence-corrected chi connectivity index (χ0v) is 17.8. The largest absolute Gasteiger partial charge is 0.370 e. The van der Waals surface area contributed by atoms with Gasteiger partial charge in [-0.15, -0.1) is 0 Å². The van der Waals surface area contributed by atoms with Crippen molar-refractivity contribution in [2.24, 2.45) is 13.0 Å². The molecule has 158 valence electrons. The molecule has 1 unspecified atom stereocenters. The van der Waals surface area contributed by atoms with Gasteiger partial charge in [-0.05, 0) is 30.5 Å². The first-order valence-electron chi connectivity index (χ1n) is 10.2. The molecule has 1 saturated heterocycles. The molecule has 1 atom stereocenters. The number of hydrogen-bond acceptors (Lipinski definition) is 4. The molecule has 6 nitrogen and oxygen atoms in total. The SMILES string of the molecule is Cc1nn(C)cc1CN1CC(=O)N(CC(C)C)CC(OCc2cccc(F)c2)C1. The maximum atomic E-state index is 13.5. The highest BCUT2D eigenvalue weighted by molar-refractivity contribution is 5.78. The minimum atomic E-state index is -0.266. The predicted molar refractivity (Wildman–Crippen MR) is 110 cm³/mol. The van der Waals surface area contributed by atoms with Crippen molar-refractivity contribution in [2.75, 3.05) is 26.2 Å². The highest BCUT2D eigenvalue weighted by Crippen LogP contribution is 2.16. The molecular weight excluding hydrogens is 371 g/mol. The molecule has 0 spiro atoms. The molecule has 7 heteroatoms. The van der Waals surface area contributed by atoms with E-state index in [0.29, 0.717) is 45.2 Å². The van der Waals surface area contributed by atoms with Crippen molar-refractivity contribution < 1.29 is 13.9 Å². The lowest BCUT2D eigenvalue weighted by Crippen LogP contribution is -2.40. The Labute approximate surface area is 172 Å². The minimum absolute atomic E-state index is 0.122. The van der Waals surface area contributed by atoms with Crippen molar-refractivity contribution in [2.45, 2.75) is 40.0 Å². The molecular formula is C22H31FN4O2. The molecule has 1 aromatic heterocycles. The van der Waals surface area contributed by atoms with E-state index in [4.69, 9.17) is 4.74 Å². The summed E-state index contributed by atoms with van der Waals surface area (Å²) >= 11 is 0. The summed E-state index contributed by atoms with van der Waals surface area (Å²) in [5, 5.41) is 4.40. The van der Waals surface area contributed by atoms with Crippen LogP contribution in [0.4, 0.5) is 4.39 Å². The molecule has 0 bridgehead atoms. The Kier molecular flexibility index (Phi) is 7.03. The molecule has 1 amide bonds. The second-order valence-electron chi connectivity index (χ2n) is 8.34. The quantitative estimate of drug-likeness (QED) is 0.715. The summed E-state index contributed by atoms with van der Waals surface area (Å²) < 4.78 is 21.4. The van der Waals surface area contributed by atoms with Gasteiger partial charge in [0.25, 0.3) is 0 Å². The first kappa shape index (κ1) is 21.5. The number of aryl methyl sites for hydroxylation is 2. The van der Waals surface area contributed by atoms with E-state index >= 15 is 0 Å². The van der Waals surface area contributed by atoms with Crippen molar-refractivity contribution in [3.05, 3.63) is 53.1 Å². The second-order valence-corrected chi connectivity index (χ2v) is 8.34. The van der Waals surface area contributed by atoms with Crippen LogP contribution in [0.25, 0.3) is 0 Å². The van der Waals surface area contributed by atoms with Crippen molar-refractivity contribution in [3.63, 3.8) is 0 Å². The van der Waals surface area contributed by atoms with Crippen LogP contribution in [0.15, 0.2) is 30.5 Å². The third-order valence-electron chi connectivity index (χ3n) is 5.07. The Bertz CT molecular complexity index is 836.